The first-order valence-electron chi connectivity index (χ1n) is 11.1. The van der Waals surface area contributed by atoms with Crippen LogP contribution < -0.4 is 9.62 Å². The van der Waals surface area contributed by atoms with Gasteiger partial charge in [-0.05, 0) is 47.9 Å². The van der Waals surface area contributed by atoms with Crippen LogP contribution in [-0.4, -0.2) is 45.0 Å². The number of hydrogen-bond donors (Lipinski definition) is 1. The van der Waals surface area contributed by atoms with Crippen LogP contribution >= 0.6 is 11.8 Å². The van der Waals surface area contributed by atoms with Gasteiger partial charge in [-0.25, -0.2) is 4.39 Å². The zero-order valence-corrected chi connectivity index (χ0v) is 21.7. The highest BCUT2D eigenvalue weighted by atomic mass is 32.2. The van der Waals surface area contributed by atoms with E-state index in [0.717, 1.165) is 20.1 Å². The normalized spacial score (nSPS) is 11.5. The van der Waals surface area contributed by atoms with Gasteiger partial charge in [0.05, 0.1) is 12.2 Å². The van der Waals surface area contributed by atoms with E-state index in [2.05, 4.69) is 24.4 Å². The largest absolute Gasteiger partial charge is 0.351 e. The molecule has 35 heavy (non-hydrogen) atoms. The third-order valence-corrected chi connectivity index (χ3v) is 8.27. The predicted molar refractivity (Wildman–Crippen MR) is 141 cm³/mol. The van der Waals surface area contributed by atoms with Crippen molar-refractivity contribution in [1.82, 2.24) is 9.62 Å². The molecule has 0 aliphatic rings. The summed E-state index contributed by atoms with van der Waals surface area (Å²) in [6.07, 6.45) is 0. The second-order valence-electron chi connectivity index (χ2n) is 8.18. The Kier molecular flexibility index (Phi) is 9.31. The van der Waals surface area contributed by atoms with Crippen molar-refractivity contribution < 1.29 is 17.6 Å². The first kappa shape index (κ1) is 26.7. The molecule has 9 heteroatoms. The van der Waals surface area contributed by atoms with Crippen LogP contribution in [0.2, 0.25) is 0 Å². The molecule has 0 bridgehead atoms. The Morgan fingerprint density at radius 2 is 1.63 bits per heavy atom. The molecule has 0 unspecified atom stereocenters. The summed E-state index contributed by atoms with van der Waals surface area (Å²) in [5, 5.41) is 2.91. The van der Waals surface area contributed by atoms with Gasteiger partial charge in [-0.1, -0.05) is 48.5 Å². The molecule has 186 valence electrons. The van der Waals surface area contributed by atoms with Crippen molar-refractivity contribution in [2.24, 2.45) is 0 Å². The Morgan fingerprint density at radius 3 is 2.29 bits per heavy atom. The lowest BCUT2D eigenvalue weighted by molar-refractivity contribution is 0.0956. The molecule has 0 fully saturated rings. The number of para-hydroxylation sites is 1. The number of benzene rings is 3. The first-order chi connectivity index (χ1) is 16.7. The average Bonchev–Trinajstić information content (AvgIpc) is 2.84. The fourth-order valence-corrected chi connectivity index (χ4v) is 5.40. The molecule has 0 aliphatic heterocycles. The maximum absolute atomic E-state index is 14.4. The van der Waals surface area contributed by atoms with E-state index in [-0.39, 0.29) is 18.1 Å². The van der Waals surface area contributed by atoms with Crippen LogP contribution in [0.5, 0.6) is 0 Å². The van der Waals surface area contributed by atoms with E-state index in [1.54, 1.807) is 42.1 Å². The number of halogens is 1. The van der Waals surface area contributed by atoms with E-state index in [4.69, 9.17) is 0 Å². The Balaban J connectivity index is 1.59. The molecular weight excluding hydrogens is 485 g/mol. The second-order valence-corrected chi connectivity index (χ2v) is 11.4. The Labute approximate surface area is 211 Å². The number of anilines is 1. The smallest absolute Gasteiger partial charge is 0.303 e. The maximum atomic E-state index is 14.4. The van der Waals surface area contributed by atoms with Gasteiger partial charge in [0, 0.05) is 37.7 Å². The van der Waals surface area contributed by atoms with Crippen molar-refractivity contribution in [3.8, 4) is 0 Å². The zero-order valence-electron chi connectivity index (χ0n) is 20.1. The lowest BCUT2D eigenvalue weighted by Gasteiger charge is -2.27. The van der Waals surface area contributed by atoms with Crippen molar-refractivity contribution >= 4 is 33.6 Å². The SMILES string of the molecule is Cc1ccccc1CSCCNC(=O)c1ccc(CN(c2ccccc2F)S(=O)(=O)N(C)C)cc1. The summed E-state index contributed by atoms with van der Waals surface area (Å²) in [5.74, 6) is 0.859. The fourth-order valence-electron chi connectivity index (χ4n) is 3.36. The van der Waals surface area contributed by atoms with Crippen molar-refractivity contribution in [1.29, 1.82) is 0 Å². The highest BCUT2D eigenvalue weighted by molar-refractivity contribution is 7.98. The van der Waals surface area contributed by atoms with Crippen LogP contribution in [0.25, 0.3) is 0 Å². The number of amides is 1. The molecular formula is C26H30FN3O3S2. The van der Waals surface area contributed by atoms with Gasteiger partial charge in [-0.3, -0.25) is 9.10 Å². The Hall–Kier alpha value is -2.88. The summed E-state index contributed by atoms with van der Waals surface area (Å²) in [5.41, 5.74) is 3.62. The molecule has 0 saturated heterocycles. The molecule has 0 aliphatic carbocycles. The van der Waals surface area contributed by atoms with Crippen LogP contribution in [0.4, 0.5) is 10.1 Å². The zero-order chi connectivity index (χ0) is 25.4. The lowest BCUT2D eigenvalue weighted by Crippen LogP contribution is -2.40. The standard InChI is InChI=1S/C26H30FN3O3S2/c1-20-8-4-5-9-23(20)19-34-17-16-28-26(31)22-14-12-21(13-15-22)18-30(35(32,33)29(2)3)25-11-7-6-10-24(25)27/h4-15H,16-19H2,1-3H3,(H,28,31). The summed E-state index contributed by atoms with van der Waals surface area (Å²) in [6, 6.07) is 20.6. The number of hydrogen-bond acceptors (Lipinski definition) is 4. The van der Waals surface area contributed by atoms with Crippen molar-refractivity contribution in [2.75, 3.05) is 30.7 Å². The van der Waals surface area contributed by atoms with Crippen LogP contribution in [0.3, 0.4) is 0 Å². The average molecular weight is 516 g/mol. The third-order valence-electron chi connectivity index (χ3n) is 5.45. The number of carbonyl (C=O) groups is 1. The Morgan fingerprint density at radius 1 is 0.971 bits per heavy atom. The summed E-state index contributed by atoms with van der Waals surface area (Å²) in [4.78, 5) is 12.5. The topological polar surface area (TPSA) is 69.7 Å². The number of rotatable bonds is 11. The van der Waals surface area contributed by atoms with Gasteiger partial charge < -0.3 is 5.32 Å². The molecule has 0 spiro atoms. The molecule has 6 nitrogen and oxygen atoms in total. The molecule has 1 N–H and O–H groups in total. The van der Waals surface area contributed by atoms with Crippen LogP contribution in [0.15, 0.2) is 72.8 Å². The molecule has 1 amide bonds. The molecule has 3 rings (SSSR count). The monoisotopic (exact) mass is 515 g/mol. The lowest BCUT2D eigenvalue weighted by atomic mass is 10.1. The summed E-state index contributed by atoms with van der Waals surface area (Å²) in [7, 11) is -1.14. The molecule has 0 radical (unpaired) electrons. The van der Waals surface area contributed by atoms with Gasteiger partial charge >= 0.3 is 10.2 Å². The Bertz CT molecular complexity index is 1250. The van der Waals surface area contributed by atoms with Gasteiger partial charge in [0.15, 0.2) is 0 Å². The number of aryl methyl sites for hydroxylation is 1. The maximum Gasteiger partial charge on any atom is 0.303 e. The number of carbonyl (C=O) groups excluding carboxylic acids is 1. The van der Waals surface area contributed by atoms with E-state index >= 15 is 0 Å². The van der Waals surface area contributed by atoms with E-state index in [1.165, 1.54) is 43.4 Å². The van der Waals surface area contributed by atoms with Gasteiger partial charge in [0.25, 0.3) is 5.91 Å². The van der Waals surface area contributed by atoms with Gasteiger partial charge in [-0.2, -0.15) is 24.5 Å². The third kappa shape index (κ3) is 7.06. The van der Waals surface area contributed by atoms with E-state index < -0.39 is 16.0 Å². The summed E-state index contributed by atoms with van der Waals surface area (Å²) >= 11 is 1.76. The van der Waals surface area contributed by atoms with Gasteiger partial charge in [-0.15, -0.1) is 0 Å². The fraction of sp³-hybridized carbons (Fsp3) is 0.269. The number of nitrogens with zero attached hydrogens (tertiary/aromatic N) is 2. The van der Waals surface area contributed by atoms with E-state index in [9.17, 15) is 17.6 Å². The molecule has 0 heterocycles. The van der Waals surface area contributed by atoms with Crippen molar-refractivity contribution in [3.05, 3.63) is 101 Å². The summed E-state index contributed by atoms with van der Waals surface area (Å²) in [6.45, 7) is 2.56. The number of nitrogens with one attached hydrogen (secondary N) is 1. The molecule has 0 saturated carbocycles. The van der Waals surface area contributed by atoms with E-state index in [1.807, 2.05) is 12.1 Å². The molecule has 3 aromatic rings. The minimum Gasteiger partial charge on any atom is -0.351 e. The van der Waals surface area contributed by atoms with Crippen molar-refractivity contribution in [2.45, 2.75) is 19.2 Å². The molecule has 0 atom stereocenters. The number of thioether (sulfide) groups is 1. The molecule has 3 aromatic carbocycles. The summed E-state index contributed by atoms with van der Waals surface area (Å²) < 4.78 is 42.2. The van der Waals surface area contributed by atoms with Gasteiger partial charge in [0.2, 0.25) is 0 Å². The highest BCUT2D eigenvalue weighted by Gasteiger charge is 2.27. The van der Waals surface area contributed by atoms with Gasteiger partial charge in [0.1, 0.15) is 5.82 Å². The van der Waals surface area contributed by atoms with Crippen LogP contribution in [0.1, 0.15) is 27.0 Å². The minimum atomic E-state index is -3.93. The molecule has 0 aromatic heterocycles. The highest BCUT2D eigenvalue weighted by Crippen LogP contribution is 2.25. The van der Waals surface area contributed by atoms with E-state index in [0.29, 0.717) is 17.7 Å². The quantitative estimate of drug-likeness (QED) is 0.379. The van der Waals surface area contributed by atoms with Crippen LogP contribution in [-0.2, 0) is 22.5 Å². The van der Waals surface area contributed by atoms with Crippen LogP contribution in [0, 0.1) is 12.7 Å². The first-order valence-corrected chi connectivity index (χ1v) is 13.7. The predicted octanol–water partition coefficient (Wildman–Crippen LogP) is 4.61. The minimum absolute atomic E-state index is 0.0359. The van der Waals surface area contributed by atoms with Crippen molar-refractivity contribution in [3.63, 3.8) is 0 Å². The second kappa shape index (κ2) is 12.2.